The Morgan fingerprint density at radius 1 is 1.26 bits per heavy atom. The van der Waals surface area contributed by atoms with Gasteiger partial charge in [0.1, 0.15) is 0 Å². The van der Waals surface area contributed by atoms with Crippen LogP contribution in [0.5, 0.6) is 0 Å². The Balaban J connectivity index is 2.24. The number of nitrogens with two attached hydrogens (primary N) is 1. The molecule has 0 aromatic heterocycles. The van der Waals surface area contributed by atoms with E-state index in [1.54, 1.807) is 0 Å². The summed E-state index contributed by atoms with van der Waals surface area (Å²) >= 11 is 0. The predicted octanol–water partition coefficient (Wildman–Crippen LogP) is 2.76. The standard InChI is InChI=1S/C15H21F3N2O2S/c1-10-9-13(15(16,17)18)3-4-14(10)23(21,22)20-7-5-12(6-8-20)11(2)19/h3-4,9,11-12H,5-8,19H2,1-2H3. The fraction of sp³-hybridized carbons (Fsp3) is 0.600. The second-order valence-corrected chi connectivity index (χ2v) is 7.99. The van der Waals surface area contributed by atoms with Crippen LogP contribution >= 0.6 is 0 Å². The Hall–Kier alpha value is -1.12. The SMILES string of the molecule is Cc1cc(C(F)(F)F)ccc1S(=O)(=O)N1CCC(C(C)N)CC1. The van der Waals surface area contributed by atoms with E-state index in [0.29, 0.717) is 25.9 Å². The lowest BCUT2D eigenvalue weighted by molar-refractivity contribution is -0.137. The van der Waals surface area contributed by atoms with Gasteiger partial charge in [-0.3, -0.25) is 0 Å². The summed E-state index contributed by atoms with van der Waals surface area (Å²) in [6.07, 6.45) is -3.16. The maximum Gasteiger partial charge on any atom is 0.416 e. The molecule has 0 aliphatic carbocycles. The third-order valence-corrected chi connectivity index (χ3v) is 6.42. The molecule has 1 aliphatic heterocycles. The van der Waals surface area contributed by atoms with Crippen molar-refractivity contribution in [1.82, 2.24) is 4.31 Å². The number of piperidine rings is 1. The van der Waals surface area contributed by atoms with Gasteiger partial charge in [0.2, 0.25) is 10.0 Å². The van der Waals surface area contributed by atoms with Crippen LogP contribution in [0.4, 0.5) is 13.2 Å². The average molecular weight is 350 g/mol. The first kappa shape index (κ1) is 18.2. The molecule has 0 bridgehead atoms. The molecule has 2 N–H and O–H groups in total. The lowest BCUT2D eigenvalue weighted by Gasteiger charge is -2.33. The van der Waals surface area contributed by atoms with Crippen LogP contribution in [0, 0.1) is 12.8 Å². The summed E-state index contributed by atoms with van der Waals surface area (Å²) in [6, 6.07) is 2.74. The van der Waals surface area contributed by atoms with Crippen LogP contribution in [-0.4, -0.2) is 31.9 Å². The van der Waals surface area contributed by atoms with Gasteiger partial charge in [-0.2, -0.15) is 17.5 Å². The van der Waals surface area contributed by atoms with Gasteiger partial charge in [0, 0.05) is 19.1 Å². The Labute approximate surface area is 134 Å². The van der Waals surface area contributed by atoms with Gasteiger partial charge in [-0.1, -0.05) is 0 Å². The number of rotatable bonds is 3. The number of alkyl halides is 3. The van der Waals surface area contributed by atoms with E-state index in [9.17, 15) is 21.6 Å². The van der Waals surface area contributed by atoms with Gasteiger partial charge >= 0.3 is 6.18 Å². The van der Waals surface area contributed by atoms with Crippen molar-refractivity contribution in [3.63, 3.8) is 0 Å². The monoisotopic (exact) mass is 350 g/mol. The molecule has 1 atom stereocenters. The zero-order valence-electron chi connectivity index (χ0n) is 13.1. The van der Waals surface area contributed by atoms with Crippen molar-refractivity contribution in [3.05, 3.63) is 29.3 Å². The molecule has 1 saturated heterocycles. The third-order valence-electron chi connectivity index (χ3n) is 4.36. The van der Waals surface area contributed by atoms with E-state index < -0.39 is 21.8 Å². The number of hydrogen-bond donors (Lipinski definition) is 1. The van der Waals surface area contributed by atoms with Crippen LogP contribution in [-0.2, 0) is 16.2 Å². The molecular weight excluding hydrogens is 329 g/mol. The maximum atomic E-state index is 12.7. The number of aryl methyl sites for hydroxylation is 1. The Bertz CT molecular complexity index is 664. The summed E-state index contributed by atoms with van der Waals surface area (Å²) in [5.74, 6) is 0.273. The van der Waals surface area contributed by atoms with Crippen LogP contribution < -0.4 is 5.73 Å². The highest BCUT2D eigenvalue weighted by molar-refractivity contribution is 7.89. The van der Waals surface area contributed by atoms with E-state index >= 15 is 0 Å². The summed E-state index contributed by atoms with van der Waals surface area (Å²) < 4.78 is 64.7. The van der Waals surface area contributed by atoms with Crippen LogP contribution in [0.15, 0.2) is 23.1 Å². The molecule has 0 spiro atoms. The molecule has 1 aromatic carbocycles. The number of nitrogens with zero attached hydrogens (tertiary/aromatic N) is 1. The van der Waals surface area contributed by atoms with Crippen molar-refractivity contribution >= 4 is 10.0 Å². The van der Waals surface area contributed by atoms with Crippen molar-refractivity contribution in [2.45, 2.75) is 43.8 Å². The van der Waals surface area contributed by atoms with Crippen molar-refractivity contribution in [3.8, 4) is 0 Å². The normalized spacial score (nSPS) is 19.7. The number of hydrogen-bond acceptors (Lipinski definition) is 3. The van der Waals surface area contributed by atoms with Crippen molar-refractivity contribution in [1.29, 1.82) is 0 Å². The topological polar surface area (TPSA) is 63.4 Å². The first-order valence-corrected chi connectivity index (χ1v) is 8.91. The van der Waals surface area contributed by atoms with Gasteiger partial charge in [0.05, 0.1) is 10.5 Å². The third kappa shape index (κ3) is 3.87. The van der Waals surface area contributed by atoms with E-state index in [2.05, 4.69) is 0 Å². The van der Waals surface area contributed by atoms with Gasteiger partial charge in [-0.25, -0.2) is 8.42 Å². The minimum Gasteiger partial charge on any atom is -0.328 e. The molecule has 1 heterocycles. The fourth-order valence-corrected chi connectivity index (χ4v) is 4.57. The first-order valence-electron chi connectivity index (χ1n) is 7.47. The van der Waals surface area contributed by atoms with Gasteiger partial charge in [-0.15, -0.1) is 0 Å². The summed E-state index contributed by atoms with van der Waals surface area (Å²) in [7, 11) is -3.78. The molecule has 130 valence electrons. The molecule has 1 fully saturated rings. The molecule has 1 unspecified atom stereocenters. The zero-order valence-corrected chi connectivity index (χ0v) is 13.9. The van der Waals surface area contributed by atoms with Crippen LogP contribution in [0.2, 0.25) is 0 Å². The van der Waals surface area contributed by atoms with E-state index in [1.807, 2.05) is 6.92 Å². The summed E-state index contributed by atoms with van der Waals surface area (Å²) in [4.78, 5) is -0.0650. The summed E-state index contributed by atoms with van der Waals surface area (Å²) in [6.45, 7) is 3.97. The molecule has 0 amide bonds. The van der Waals surface area contributed by atoms with Crippen molar-refractivity contribution in [2.24, 2.45) is 11.7 Å². The highest BCUT2D eigenvalue weighted by Crippen LogP contribution is 2.33. The van der Waals surface area contributed by atoms with Crippen molar-refractivity contribution < 1.29 is 21.6 Å². The summed E-state index contributed by atoms with van der Waals surface area (Å²) in [5.41, 5.74) is 5.10. The molecule has 1 aliphatic rings. The highest BCUT2D eigenvalue weighted by Gasteiger charge is 2.34. The van der Waals surface area contributed by atoms with Crippen LogP contribution in [0.25, 0.3) is 0 Å². The summed E-state index contributed by atoms with van der Waals surface area (Å²) in [5, 5.41) is 0. The minimum absolute atomic E-state index is 0.00709. The quantitative estimate of drug-likeness (QED) is 0.912. The lowest BCUT2D eigenvalue weighted by atomic mass is 9.92. The first-order chi connectivity index (χ1) is 10.5. The highest BCUT2D eigenvalue weighted by atomic mass is 32.2. The smallest absolute Gasteiger partial charge is 0.328 e. The molecule has 0 saturated carbocycles. The Kier molecular flexibility index (Phi) is 5.08. The average Bonchev–Trinajstić information content (AvgIpc) is 2.46. The fourth-order valence-electron chi connectivity index (χ4n) is 2.90. The second-order valence-electron chi connectivity index (χ2n) is 6.08. The Morgan fingerprint density at radius 2 is 1.83 bits per heavy atom. The molecule has 8 heteroatoms. The molecule has 2 rings (SSSR count). The predicted molar refractivity (Wildman–Crippen MR) is 81.3 cm³/mol. The maximum absolute atomic E-state index is 12.7. The number of halogens is 3. The Morgan fingerprint density at radius 3 is 2.26 bits per heavy atom. The van der Waals surface area contributed by atoms with Gasteiger partial charge in [0.25, 0.3) is 0 Å². The minimum atomic E-state index is -4.48. The van der Waals surface area contributed by atoms with Crippen LogP contribution in [0.3, 0.4) is 0 Å². The van der Waals surface area contributed by atoms with E-state index in [1.165, 1.54) is 11.2 Å². The molecular formula is C15H21F3N2O2S. The molecule has 1 aromatic rings. The zero-order chi connectivity index (χ0) is 17.4. The van der Waals surface area contributed by atoms with E-state index in [0.717, 1.165) is 18.2 Å². The van der Waals surface area contributed by atoms with Gasteiger partial charge in [0.15, 0.2) is 0 Å². The van der Waals surface area contributed by atoms with E-state index in [4.69, 9.17) is 5.73 Å². The van der Waals surface area contributed by atoms with Crippen LogP contribution in [0.1, 0.15) is 30.9 Å². The number of sulfonamides is 1. The van der Waals surface area contributed by atoms with Crippen molar-refractivity contribution in [2.75, 3.05) is 13.1 Å². The second kappa shape index (κ2) is 6.41. The lowest BCUT2D eigenvalue weighted by Crippen LogP contribution is -2.42. The van der Waals surface area contributed by atoms with Gasteiger partial charge in [-0.05, 0) is 56.4 Å². The largest absolute Gasteiger partial charge is 0.416 e. The molecule has 4 nitrogen and oxygen atoms in total. The molecule has 23 heavy (non-hydrogen) atoms. The molecule has 0 radical (unpaired) electrons. The van der Waals surface area contributed by atoms with E-state index in [-0.39, 0.29) is 22.4 Å². The van der Waals surface area contributed by atoms with Gasteiger partial charge < -0.3 is 5.73 Å². The number of benzene rings is 1.